The van der Waals surface area contributed by atoms with Gasteiger partial charge in [0.1, 0.15) is 0 Å². The molecule has 0 unspecified atom stereocenters. The molecule has 0 fully saturated rings. The first-order chi connectivity index (χ1) is 7.25. The Balaban J connectivity index is 2.53. The van der Waals surface area contributed by atoms with Crippen molar-refractivity contribution in [3.63, 3.8) is 0 Å². The smallest absolute Gasteiger partial charge is 0.202 e. The summed E-state index contributed by atoms with van der Waals surface area (Å²) in [5, 5.41) is 1.10. The second-order valence-electron chi connectivity index (χ2n) is 3.55. The summed E-state index contributed by atoms with van der Waals surface area (Å²) in [4.78, 5) is 8.64. The van der Waals surface area contributed by atoms with Crippen molar-refractivity contribution in [3.8, 4) is 0 Å². The quantitative estimate of drug-likeness (QED) is 0.598. The fourth-order valence-corrected chi connectivity index (χ4v) is 1.73. The molecule has 4 nitrogen and oxygen atoms in total. The standard InChI is InChI=1S/C11H10N4/c1-15-9-6-7-4-2-3-5-8(7)13-10(9)14-11(15)12/h2-6H,1H3,(H2,12,13,14). The lowest BCUT2D eigenvalue weighted by Crippen LogP contribution is -1.95. The number of rotatable bonds is 0. The Labute approximate surface area is 86.4 Å². The van der Waals surface area contributed by atoms with Gasteiger partial charge in [0, 0.05) is 12.4 Å². The average molecular weight is 198 g/mol. The van der Waals surface area contributed by atoms with E-state index in [1.807, 2.05) is 35.9 Å². The lowest BCUT2D eigenvalue weighted by molar-refractivity contribution is 0.966. The summed E-state index contributed by atoms with van der Waals surface area (Å²) in [6.45, 7) is 0. The summed E-state index contributed by atoms with van der Waals surface area (Å²) < 4.78 is 1.84. The summed E-state index contributed by atoms with van der Waals surface area (Å²) in [6, 6.07) is 10.0. The molecule has 0 bridgehead atoms. The fraction of sp³-hybridized carbons (Fsp3) is 0.0909. The Morgan fingerprint density at radius 2 is 2.00 bits per heavy atom. The van der Waals surface area contributed by atoms with Gasteiger partial charge >= 0.3 is 0 Å². The molecule has 0 spiro atoms. The van der Waals surface area contributed by atoms with Gasteiger partial charge in [0.25, 0.3) is 0 Å². The number of hydrogen-bond acceptors (Lipinski definition) is 3. The Morgan fingerprint density at radius 3 is 2.87 bits per heavy atom. The van der Waals surface area contributed by atoms with Crippen molar-refractivity contribution in [3.05, 3.63) is 30.3 Å². The SMILES string of the molecule is Cn1c(N)nc2nc3ccccc3cc21. The Kier molecular flexibility index (Phi) is 1.48. The molecule has 3 rings (SSSR count). The minimum atomic E-state index is 0.493. The predicted molar refractivity (Wildman–Crippen MR) is 60.4 cm³/mol. The molecule has 0 aliphatic rings. The molecule has 0 saturated heterocycles. The van der Waals surface area contributed by atoms with Crippen LogP contribution in [0.1, 0.15) is 0 Å². The number of anilines is 1. The molecule has 0 saturated carbocycles. The number of benzene rings is 1. The monoisotopic (exact) mass is 198 g/mol. The number of aromatic nitrogens is 3. The van der Waals surface area contributed by atoms with Gasteiger partial charge in [-0.15, -0.1) is 0 Å². The fourth-order valence-electron chi connectivity index (χ4n) is 1.73. The van der Waals surface area contributed by atoms with Crippen LogP contribution < -0.4 is 5.73 Å². The minimum Gasteiger partial charge on any atom is -0.369 e. The van der Waals surface area contributed by atoms with Gasteiger partial charge in [0.15, 0.2) is 5.65 Å². The van der Waals surface area contributed by atoms with Crippen LogP contribution in [0.4, 0.5) is 5.95 Å². The molecular weight excluding hydrogens is 188 g/mol. The number of pyridine rings is 1. The van der Waals surface area contributed by atoms with Crippen LogP contribution in [-0.4, -0.2) is 14.5 Å². The van der Waals surface area contributed by atoms with Gasteiger partial charge in [-0.3, -0.25) is 0 Å². The summed E-state index contributed by atoms with van der Waals surface area (Å²) in [6.07, 6.45) is 0. The van der Waals surface area contributed by atoms with Gasteiger partial charge in [-0.2, -0.15) is 4.98 Å². The van der Waals surface area contributed by atoms with Gasteiger partial charge < -0.3 is 10.3 Å². The molecule has 0 atom stereocenters. The highest BCUT2D eigenvalue weighted by molar-refractivity contribution is 5.90. The summed E-state index contributed by atoms with van der Waals surface area (Å²) >= 11 is 0. The van der Waals surface area contributed by atoms with E-state index in [4.69, 9.17) is 5.73 Å². The minimum absolute atomic E-state index is 0.493. The van der Waals surface area contributed by atoms with Crippen LogP contribution in [0.25, 0.3) is 22.1 Å². The van der Waals surface area contributed by atoms with Crippen LogP contribution in [-0.2, 0) is 7.05 Å². The van der Waals surface area contributed by atoms with Crippen LogP contribution in [0, 0.1) is 0 Å². The molecule has 1 aromatic carbocycles. The highest BCUT2D eigenvalue weighted by Gasteiger charge is 2.06. The van der Waals surface area contributed by atoms with E-state index in [9.17, 15) is 0 Å². The first-order valence-electron chi connectivity index (χ1n) is 4.73. The highest BCUT2D eigenvalue weighted by atomic mass is 15.2. The summed E-state index contributed by atoms with van der Waals surface area (Å²) in [5.74, 6) is 0.493. The van der Waals surface area contributed by atoms with Gasteiger partial charge in [0.05, 0.1) is 11.0 Å². The maximum atomic E-state index is 5.73. The molecule has 0 amide bonds. The molecule has 4 heteroatoms. The van der Waals surface area contributed by atoms with E-state index in [-0.39, 0.29) is 0 Å². The first-order valence-corrected chi connectivity index (χ1v) is 4.73. The molecular formula is C11H10N4. The molecule has 0 aliphatic carbocycles. The third kappa shape index (κ3) is 1.08. The zero-order valence-corrected chi connectivity index (χ0v) is 8.31. The van der Waals surface area contributed by atoms with Crippen LogP contribution >= 0.6 is 0 Å². The van der Waals surface area contributed by atoms with E-state index in [0.29, 0.717) is 11.6 Å². The molecule has 2 N–H and O–H groups in total. The maximum Gasteiger partial charge on any atom is 0.202 e. The number of nitrogens with two attached hydrogens (primary N) is 1. The van der Waals surface area contributed by atoms with Crippen molar-refractivity contribution in [2.75, 3.05) is 5.73 Å². The largest absolute Gasteiger partial charge is 0.369 e. The molecule has 15 heavy (non-hydrogen) atoms. The van der Waals surface area contributed by atoms with Crippen LogP contribution in [0.2, 0.25) is 0 Å². The number of aryl methyl sites for hydroxylation is 1. The molecule has 0 radical (unpaired) electrons. The van der Waals surface area contributed by atoms with Crippen molar-refractivity contribution in [1.29, 1.82) is 0 Å². The molecule has 3 aromatic rings. The van der Waals surface area contributed by atoms with Crippen molar-refractivity contribution < 1.29 is 0 Å². The lowest BCUT2D eigenvalue weighted by atomic mass is 10.2. The van der Waals surface area contributed by atoms with Crippen molar-refractivity contribution >= 4 is 28.0 Å². The molecule has 0 aliphatic heterocycles. The highest BCUT2D eigenvalue weighted by Crippen LogP contribution is 2.20. The van der Waals surface area contributed by atoms with E-state index in [1.165, 1.54) is 0 Å². The third-order valence-electron chi connectivity index (χ3n) is 2.61. The summed E-state index contributed by atoms with van der Waals surface area (Å²) in [7, 11) is 1.89. The van der Waals surface area contributed by atoms with Crippen molar-refractivity contribution in [2.24, 2.45) is 7.05 Å². The Bertz CT molecular complexity index is 654. The number of nitrogen functional groups attached to an aromatic ring is 1. The summed E-state index contributed by atoms with van der Waals surface area (Å²) in [5.41, 5.74) is 8.34. The average Bonchev–Trinajstić information content (AvgIpc) is 2.52. The van der Waals surface area contributed by atoms with Crippen molar-refractivity contribution in [1.82, 2.24) is 14.5 Å². The Hall–Kier alpha value is -2.10. The number of imidazole rings is 1. The van der Waals surface area contributed by atoms with Gasteiger partial charge in [0.2, 0.25) is 5.95 Å². The van der Waals surface area contributed by atoms with E-state index in [0.717, 1.165) is 16.4 Å². The van der Waals surface area contributed by atoms with E-state index in [1.54, 1.807) is 0 Å². The first kappa shape index (κ1) is 8.23. The maximum absolute atomic E-state index is 5.73. The zero-order valence-electron chi connectivity index (χ0n) is 8.31. The molecule has 2 heterocycles. The van der Waals surface area contributed by atoms with E-state index < -0.39 is 0 Å². The van der Waals surface area contributed by atoms with Gasteiger partial charge in [-0.05, 0) is 12.1 Å². The number of nitrogens with zero attached hydrogens (tertiary/aromatic N) is 3. The predicted octanol–water partition coefficient (Wildman–Crippen LogP) is 1.70. The molecule has 2 aromatic heterocycles. The normalized spacial score (nSPS) is 11.3. The van der Waals surface area contributed by atoms with Crippen molar-refractivity contribution in [2.45, 2.75) is 0 Å². The second-order valence-corrected chi connectivity index (χ2v) is 3.55. The number of fused-ring (bicyclic) bond motifs is 2. The number of para-hydroxylation sites is 1. The van der Waals surface area contributed by atoms with Crippen LogP contribution in [0.3, 0.4) is 0 Å². The second kappa shape index (κ2) is 2.70. The van der Waals surface area contributed by atoms with Crippen LogP contribution in [0.5, 0.6) is 0 Å². The van der Waals surface area contributed by atoms with E-state index in [2.05, 4.69) is 16.0 Å². The number of hydrogen-bond donors (Lipinski definition) is 1. The topological polar surface area (TPSA) is 56.7 Å². The van der Waals surface area contributed by atoms with Gasteiger partial charge in [-0.25, -0.2) is 4.98 Å². The Morgan fingerprint density at radius 1 is 1.20 bits per heavy atom. The van der Waals surface area contributed by atoms with E-state index >= 15 is 0 Å². The lowest BCUT2D eigenvalue weighted by Gasteiger charge is -1.98. The zero-order chi connectivity index (χ0) is 10.4. The molecule has 74 valence electrons. The van der Waals surface area contributed by atoms with Crippen LogP contribution in [0.15, 0.2) is 30.3 Å². The third-order valence-corrected chi connectivity index (χ3v) is 2.61. The van der Waals surface area contributed by atoms with Gasteiger partial charge in [-0.1, -0.05) is 18.2 Å².